The van der Waals surface area contributed by atoms with Crippen molar-refractivity contribution in [3.05, 3.63) is 128 Å². The van der Waals surface area contributed by atoms with Crippen LogP contribution in [0.1, 0.15) is 0 Å². The average molecular weight is 621 g/mol. The van der Waals surface area contributed by atoms with Gasteiger partial charge in [-0.3, -0.25) is 14.3 Å². The monoisotopic (exact) mass is 620 g/mol. The van der Waals surface area contributed by atoms with Crippen LogP contribution in [0, 0.1) is 12.1 Å². The normalized spacial score (nSPS) is 10.7. The Kier molecular flexibility index (Phi) is 6.11. The second kappa shape index (κ2) is 9.50. The van der Waals surface area contributed by atoms with Crippen molar-refractivity contribution in [2.24, 2.45) is 0 Å². The van der Waals surface area contributed by atoms with E-state index >= 15 is 0 Å². The van der Waals surface area contributed by atoms with Crippen molar-refractivity contribution in [3.63, 3.8) is 0 Å². The summed E-state index contributed by atoms with van der Waals surface area (Å²) in [6.45, 7) is 0. The van der Waals surface area contributed by atoms with Gasteiger partial charge in [0.25, 0.3) is 0 Å². The summed E-state index contributed by atoms with van der Waals surface area (Å²) in [5.41, 5.74) is 3.75. The van der Waals surface area contributed by atoms with Crippen LogP contribution in [0.2, 0.25) is 0 Å². The number of nitrogens with zero attached hydrogens (tertiary/aromatic N) is 5. The van der Waals surface area contributed by atoms with Gasteiger partial charge in [0, 0.05) is 23.3 Å². The molecule has 6 aromatic rings. The van der Waals surface area contributed by atoms with E-state index in [0.29, 0.717) is 0 Å². The molecule has 0 unspecified atom stereocenters. The van der Waals surface area contributed by atoms with E-state index < -0.39 is 0 Å². The van der Waals surface area contributed by atoms with Gasteiger partial charge in [-0.1, -0.05) is 30.3 Å². The number of hydrogen-bond donors (Lipinski definition) is 0. The van der Waals surface area contributed by atoms with E-state index in [1.54, 1.807) is 0 Å². The molecule has 0 aliphatic heterocycles. The summed E-state index contributed by atoms with van der Waals surface area (Å²) in [6, 6.07) is 42.6. The topological polar surface area (TPSA) is 38.9 Å². The van der Waals surface area contributed by atoms with E-state index in [1.807, 2.05) is 100 Å². The third-order valence-corrected chi connectivity index (χ3v) is 5.46. The van der Waals surface area contributed by atoms with Crippen LogP contribution < -0.4 is 4.90 Å². The minimum Gasteiger partial charge on any atom is -0.276 e. The van der Waals surface area contributed by atoms with Gasteiger partial charge in [-0.25, -0.2) is 0 Å². The summed E-state index contributed by atoms with van der Waals surface area (Å²) in [5.74, 6) is 1.57. The molecular formula is C28H19N5Pt. The Balaban J connectivity index is 0.00000241. The molecule has 5 nitrogen and oxygen atoms in total. The van der Waals surface area contributed by atoms with Gasteiger partial charge < -0.3 is 0 Å². The van der Waals surface area contributed by atoms with Crippen LogP contribution in [0.4, 0.5) is 17.3 Å². The quantitative estimate of drug-likeness (QED) is 0.213. The molecule has 0 saturated heterocycles. The molecule has 0 fully saturated rings. The van der Waals surface area contributed by atoms with Crippen molar-refractivity contribution < 1.29 is 21.1 Å². The fourth-order valence-electron chi connectivity index (χ4n) is 3.95. The molecule has 4 aromatic carbocycles. The van der Waals surface area contributed by atoms with Crippen molar-refractivity contribution in [1.29, 1.82) is 0 Å². The molecule has 6 heteroatoms. The second-order valence-corrected chi connectivity index (χ2v) is 7.54. The van der Waals surface area contributed by atoms with Crippen molar-refractivity contribution in [2.75, 3.05) is 4.90 Å². The Morgan fingerprint density at radius 3 is 2.06 bits per heavy atom. The summed E-state index contributed by atoms with van der Waals surface area (Å²) in [4.78, 5) is 2.08. The molecule has 34 heavy (non-hydrogen) atoms. The summed E-state index contributed by atoms with van der Waals surface area (Å²) in [6.07, 6.45) is 1.95. The maximum atomic E-state index is 5.05. The number of fused-ring (bicyclic) bond motifs is 1. The maximum absolute atomic E-state index is 5.05. The number of rotatable bonds is 5. The first-order valence-corrected chi connectivity index (χ1v) is 10.7. The predicted molar refractivity (Wildman–Crippen MR) is 131 cm³/mol. The Morgan fingerprint density at radius 2 is 1.32 bits per heavy atom. The molecule has 2 aromatic heterocycles. The van der Waals surface area contributed by atoms with Gasteiger partial charge in [-0.05, 0) is 35.6 Å². The van der Waals surface area contributed by atoms with Gasteiger partial charge in [-0.2, -0.15) is 58.7 Å². The van der Waals surface area contributed by atoms with E-state index in [0.717, 1.165) is 39.6 Å². The van der Waals surface area contributed by atoms with Crippen molar-refractivity contribution in [3.8, 4) is 11.4 Å². The van der Waals surface area contributed by atoms with Crippen LogP contribution in [0.25, 0.3) is 22.3 Å². The minimum absolute atomic E-state index is 0. The van der Waals surface area contributed by atoms with E-state index in [1.165, 1.54) is 0 Å². The third kappa shape index (κ3) is 3.95. The molecular weight excluding hydrogens is 601 g/mol. The fourth-order valence-corrected chi connectivity index (χ4v) is 3.95. The molecule has 166 valence electrons. The zero-order valence-electron chi connectivity index (χ0n) is 18.0. The Bertz CT molecular complexity index is 1510. The zero-order valence-corrected chi connectivity index (χ0v) is 20.3. The molecule has 0 aliphatic carbocycles. The molecule has 0 amide bonds. The smallest absolute Gasteiger partial charge is 0.276 e. The van der Waals surface area contributed by atoms with Gasteiger partial charge >= 0.3 is 21.1 Å². The van der Waals surface area contributed by atoms with Crippen molar-refractivity contribution in [1.82, 2.24) is 19.6 Å². The molecule has 0 radical (unpaired) electrons. The third-order valence-electron chi connectivity index (χ3n) is 5.46. The Labute approximate surface area is 212 Å². The maximum Gasteiger partial charge on any atom is 2.00 e. The average Bonchev–Trinajstić information content (AvgIpc) is 3.52. The van der Waals surface area contributed by atoms with E-state index in [4.69, 9.17) is 10.2 Å². The molecule has 0 N–H and O–H groups in total. The fraction of sp³-hybridized carbons (Fsp3) is 0. The Morgan fingerprint density at radius 1 is 0.647 bits per heavy atom. The van der Waals surface area contributed by atoms with Gasteiger partial charge in [0.05, 0.1) is 5.52 Å². The molecule has 0 aliphatic rings. The second-order valence-electron chi connectivity index (χ2n) is 7.54. The van der Waals surface area contributed by atoms with Gasteiger partial charge in [0.2, 0.25) is 0 Å². The number of anilines is 3. The van der Waals surface area contributed by atoms with E-state index in [2.05, 4.69) is 41.3 Å². The number of aromatic nitrogens is 4. The van der Waals surface area contributed by atoms with Gasteiger partial charge in [-0.15, -0.1) is 12.1 Å². The van der Waals surface area contributed by atoms with Crippen molar-refractivity contribution in [2.45, 2.75) is 0 Å². The first-order chi connectivity index (χ1) is 16.4. The van der Waals surface area contributed by atoms with Crippen LogP contribution in [0.3, 0.4) is 0 Å². The molecule has 2 heterocycles. The minimum atomic E-state index is 0. The SMILES string of the molecule is [Pt+2].[c-]1ccccc1-n1ccc(N(c2ccccc2)c2nn(-c3[c-]cccc3)c3ccccc23)n1. The summed E-state index contributed by atoms with van der Waals surface area (Å²) in [5, 5.41) is 11.0. The van der Waals surface area contributed by atoms with Gasteiger partial charge in [0.15, 0.2) is 11.6 Å². The van der Waals surface area contributed by atoms with E-state index in [-0.39, 0.29) is 21.1 Å². The van der Waals surface area contributed by atoms with Crippen LogP contribution >= 0.6 is 0 Å². The largest absolute Gasteiger partial charge is 2.00 e. The first-order valence-electron chi connectivity index (χ1n) is 10.7. The molecule has 0 saturated carbocycles. The number of benzene rings is 4. The summed E-state index contributed by atoms with van der Waals surface area (Å²) >= 11 is 0. The van der Waals surface area contributed by atoms with Crippen molar-refractivity contribution >= 4 is 28.2 Å². The van der Waals surface area contributed by atoms with Crippen LogP contribution in [-0.2, 0) is 21.1 Å². The molecule has 0 atom stereocenters. The van der Waals surface area contributed by atoms with Gasteiger partial charge in [0.1, 0.15) is 0 Å². The first kappa shape index (κ1) is 21.9. The summed E-state index contributed by atoms with van der Waals surface area (Å²) < 4.78 is 3.76. The Hall–Kier alpha value is -3.95. The summed E-state index contributed by atoms with van der Waals surface area (Å²) in [7, 11) is 0. The number of para-hydroxylation sites is 4. The molecule has 0 bridgehead atoms. The molecule has 6 rings (SSSR count). The van der Waals surface area contributed by atoms with E-state index in [9.17, 15) is 0 Å². The standard InChI is InChI=1S/C28H19N5.Pt/c1-4-12-22(13-5-1)31-21-20-27(29-31)32(23-14-6-2-7-15-23)28-25-18-10-11-19-26(25)33(30-28)24-16-8-3-9-17-24;/h1-12,14-16,18-21H;/q-2;+2. The van der Waals surface area contributed by atoms with Crippen LogP contribution in [-0.4, -0.2) is 19.6 Å². The zero-order chi connectivity index (χ0) is 22.0. The molecule has 0 spiro atoms. The predicted octanol–water partition coefficient (Wildman–Crippen LogP) is 6.28. The van der Waals surface area contributed by atoms with Crippen LogP contribution in [0.5, 0.6) is 0 Å². The van der Waals surface area contributed by atoms with Crippen LogP contribution in [0.15, 0.2) is 115 Å². The number of hydrogen-bond acceptors (Lipinski definition) is 3.